The number of hydrogen-bond donors (Lipinski definition) is 1. The van der Waals surface area contributed by atoms with Gasteiger partial charge in [0, 0.05) is 0 Å². The van der Waals surface area contributed by atoms with Gasteiger partial charge in [-0.25, -0.2) is 9.11 Å². The van der Waals surface area contributed by atoms with E-state index >= 15 is 0 Å². The van der Waals surface area contributed by atoms with Gasteiger partial charge in [0.1, 0.15) is 11.3 Å². The van der Waals surface area contributed by atoms with Gasteiger partial charge < -0.3 is 5.11 Å². The Hall–Kier alpha value is -0.630. The molecular formula is C6H9NO2S. The molecule has 10 heavy (non-hydrogen) atoms. The van der Waals surface area contributed by atoms with E-state index in [1.54, 1.807) is 14.0 Å². The molecule has 0 rings (SSSR count). The maximum atomic E-state index is 9.97. The summed E-state index contributed by atoms with van der Waals surface area (Å²) < 4.78 is 9.97. The summed E-state index contributed by atoms with van der Waals surface area (Å²) in [5.74, 6) is 5.36. The van der Waals surface area contributed by atoms with Gasteiger partial charge in [-0.3, -0.25) is 0 Å². The van der Waals surface area contributed by atoms with Gasteiger partial charge in [-0.05, 0) is 14.0 Å². The second kappa shape index (κ2) is 5.18. The highest BCUT2D eigenvalue weighted by molar-refractivity contribution is 7.65. The summed E-state index contributed by atoms with van der Waals surface area (Å²) in [7, 11) is 1.60. The van der Waals surface area contributed by atoms with Crippen molar-refractivity contribution < 1.29 is 9.32 Å². The molecule has 0 aliphatic carbocycles. The smallest absolute Gasteiger partial charge is 0.217 e. The molecule has 0 saturated heterocycles. The van der Waals surface area contributed by atoms with E-state index in [1.165, 1.54) is 4.90 Å². The van der Waals surface area contributed by atoms with Crippen molar-refractivity contribution in [1.29, 1.82) is 0 Å². The molecule has 0 aromatic rings. The molecule has 0 amide bonds. The quantitative estimate of drug-likeness (QED) is 0.425. The van der Waals surface area contributed by atoms with Crippen LogP contribution in [-0.4, -0.2) is 33.0 Å². The predicted octanol–water partition coefficient (Wildman–Crippen LogP) is -0.200. The summed E-state index contributed by atoms with van der Waals surface area (Å²) in [5.41, 5.74) is 0. The molecule has 3 nitrogen and oxygen atoms in total. The first kappa shape index (κ1) is 9.37. The van der Waals surface area contributed by atoms with Crippen LogP contribution >= 0.6 is 0 Å². The van der Waals surface area contributed by atoms with Crippen molar-refractivity contribution in [1.82, 2.24) is 4.90 Å². The van der Waals surface area contributed by atoms with Crippen molar-refractivity contribution in [3.8, 4) is 11.8 Å². The number of hydrogen-bond acceptors (Lipinski definition) is 1. The average Bonchev–Trinajstić information content (AvgIpc) is 1.98. The van der Waals surface area contributed by atoms with Gasteiger partial charge in [-0.1, -0.05) is 5.92 Å². The Labute approximate surface area is 63.7 Å². The molecule has 0 heterocycles. The molecule has 0 radical (unpaired) electrons. The average molecular weight is 159 g/mol. The monoisotopic (exact) mass is 159 g/mol. The molecular weight excluding hydrogens is 150 g/mol. The highest BCUT2D eigenvalue weighted by Gasteiger charge is 1.98. The molecule has 0 fully saturated rings. The number of aliphatic hydroxyl groups excluding tert-OH is 1. The lowest BCUT2D eigenvalue weighted by molar-refractivity contribution is 0.422. The summed E-state index contributed by atoms with van der Waals surface area (Å²) in [5, 5.41) is 8.53. The Morgan fingerprint density at radius 2 is 2.40 bits per heavy atom. The summed E-state index contributed by atoms with van der Waals surface area (Å²) >= 11 is 0.0637. The fourth-order valence-corrected chi connectivity index (χ4v) is 0.521. The highest BCUT2D eigenvalue weighted by Crippen LogP contribution is 1.77. The SMILES string of the molecule is CC#CCN(C)C(O)=S=O. The van der Waals surface area contributed by atoms with E-state index in [0.717, 1.165) is 0 Å². The molecule has 0 spiro atoms. The maximum Gasteiger partial charge on any atom is 0.217 e. The van der Waals surface area contributed by atoms with Gasteiger partial charge in [0.25, 0.3) is 0 Å². The normalized spacial score (nSPS) is 8.40. The molecule has 0 bridgehead atoms. The lowest BCUT2D eigenvalue weighted by atomic mass is 10.5. The predicted molar refractivity (Wildman–Crippen MR) is 41.9 cm³/mol. The van der Waals surface area contributed by atoms with E-state index in [-0.39, 0.29) is 16.4 Å². The lowest BCUT2D eigenvalue weighted by Crippen LogP contribution is -2.26. The van der Waals surface area contributed by atoms with Gasteiger partial charge in [0.15, 0.2) is 0 Å². The summed E-state index contributed by atoms with van der Waals surface area (Å²) in [6.07, 6.45) is 0. The molecule has 56 valence electrons. The summed E-state index contributed by atoms with van der Waals surface area (Å²) in [6, 6.07) is 0. The molecule has 0 aromatic heterocycles. The van der Waals surface area contributed by atoms with Gasteiger partial charge in [-0.15, -0.1) is 5.92 Å². The first-order chi connectivity index (χ1) is 4.72. The zero-order chi connectivity index (χ0) is 7.98. The van der Waals surface area contributed by atoms with Crippen molar-refractivity contribution in [3.05, 3.63) is 0 Å². The second-order valence-corrected chi connectivity index (χ2v) is 2.18. The largest absolute Gasteiger partial charge is 0.340 e. The Morgan fingerprint density at radius 3 is 2.80 bits per heavy atom. The van der Waals surface area contributed by atoms with Crippen LogP contribution < -0.4 is 0 Å². The molecule has 0 saturated carbocycles. The molecule has 0 aromatic carbocycles. The van der Waals surface area contributed by atoms with Gasteiger partial charge in [0.2, 0.25) is 5.17 Å². The first-order valence-electron chi connectivity index (χ1n) is 2.68. The van der Waals surface area contributed by atoms with Crippen LogP contribution in [-0.2, 0) is 11.3 Å². The number of aliphatic hydroxyl groups is 1. The molecule has 0 aliphatic rings. The topological polar surface area (TPSA) is 40.5 Å². The Kier molecular flexibility index (Phi) is 4.85. The van der Waals surface area contributed by atoms with Crippen molar-refractivity contribution in [3.63, 3.8) is 0 Å². The van der Waals surface area contributed by atoms with Crippen LogP contribution in [0.1, 0.15) is 6.92 Å². The minimum atomic E-state index is -0.247. The third-order valence-electron chi connectivity index (χ3n) is 0.894. The van der Waals surface area contributed by atoms with Crippen LogP contribution in [0.15, 0.2) is 0 Å². The van der Waals surface area contributed by atoms with Crippen molar-refractivity contribution in [2.75, 3.05) is 13.6 Å². The van der Waals surface area contributed by atoms with E-state index in [1.807, 2.05) is 0 Å². The van der Waals surface area contributed by atoms with Crippen LogP contribution in [0.2, 0.25) is 0 Å². The zero-order valence-corrected chi connectivity index (χ0v) is 6.73. The third-order valence-corrected chi connectivity index (χ3v) is 1.35. The molecule has 0 atom stereocenters. The van der Waals surface area contributed by atoms with Crippen LogP contribution in [0.25, 0.3) is 0 Å². The van der Waals surface area contributed by atoms with E-state index in [0.29, 0.717) is 6.54 Å². The fraction of sp³-hybridized carbons (Fsp3) is 0.500. The third kappa shape index (κ3) is 3.41. The summed E-state index contributed by atoms with van der Waals surface area (Å²) in [6.45, 7) is 2.09. The van der Waals surface area contributed by atoms with Gasteiger partial charge in [0.05, 0.1) is 6.54 Å². The van der Waals surface area contributed by atoms with Crippen LogP contribution in [0, 0.1) is 11.8 Å². The Bertz CT molecular complexity index is 210. The van der Waals surface area contributed by atoms with Crippen molar-refractivity contribution >= 4 is 16.4 Å². The van der Waals surface area contributed by atoms with Gasteiger partial charge in [-0.2, -0.15) is 0 Å². The maximum absolute atomic E-state index is 9.97. The first-order valence-corrected chi connectivity index (χ1v) is 3.43. The van der Waals surface area contributed by atoms with E-state index < -0.39 is 0 Å². The number of nitrogens with zero attached hydrogens (tertiary/aromatic N) is 1. The standard InChI is InChI=1S/C6H9NO2S/c1-3-4-5-7(2)6(8)10-9/h8H,5H2,1-2H3. The van der Waals surface area contributed by atoms with Gasteiger partial charge >= 0.3 is 0 Å². The minimum Gasteiger partial charge on any atom is -0.340 e. The zero-order valence-electron chi connectivity index (χ0n) is 5.92. The minimum absolute atomic E-state index is 0.0637. The van der Waals surface area contributed by atoms with Crippen LogP contribution in [0.4, 0.5) is 0 Å². The molecule has 0 aliphatic heterocycles. The molecule has 4 heteroatoms. The Balaban J connectivity index is 3.93. The van der Waals surface area contributed by atoms with Crippen LogP contribution in [0.5, 0.6) is 0 Å². The van der Waals surface area contributed by atoms with E-state index in [4.69, 9.17) is 5.11 Å². The van der Waals surface area contributed by atoms with E-state index in [2.05, 4.69) is 11.8 Å². The molecule has 1 N–H and O–H groups in total. The lowest BCUT2D eigenvalue weighted by Gasteiger charge is -2.06. The van der Waals surface area contributed by atoms with E-state index in [9.17, 15) is 4.21 Å². The second-order valence-electron chi connectivity index (χ2n) is 1.65. The molecule has 0 unspecified atom stereocenters. The Morgan fingerprint density at radius 1 is 1.80 bits per heavy atom. The van der Waals surface area contributed by atoms with Crippen molar-refractivity contribution in [2.45, 2.75) is 6.92 Å². The van der Waals surface area contributed by atoms with Crippen LogP contribution in [0.3, 0.4) is 0 Å². The highest BCUT2D eigenvalue weighted by atomic mass is 32.1. The van der Waals surface area contributed by atoms with Crippen molar-refractivity contribution in [2.24, 2.45) is 0 Å². The summed E-state index contributed by atoms with van der Waals surface area (Å²) in [4.78, 5) is 1.38. The number of rotatable bonds is 1. The fourth-order valence-electron chi connectivity index (χ4n) is 0.329.